The lowest BCUT2D eigenvalue weighted by Gasteiger charge is -2.34. The average molecular weight is 157 g/mol. The minimum Gasteiger partial charge on any atom is -0.395 e. The number of ether oxygens (including phenoxy) is 1. The van der Waals surface area contributed by atoms with E-state index in [0.29, 0.717) is 6.61 Å². The molecule has 3 nitrogen and oxygen atoms in total. The predicted octanol–water partition coefficient (Wildman–Crippen LogP) is -0.158. The van der Waals surface area contributed by atoms with Crippen LogP contribution in [0.3, 0.4) is 0 Å². The van der Waals surface area contributed by atoms with E-state index in [1.165, 1.54) is 12.8 Å². The molecule has 1 aliphatic carbocycles. The highest BCUT2D eigenvalue weighted by Crippen LogP contribution is 2.29. The summed E-state index contributed by atoms with van der Waals surface area (Å²) in [7, 11) is 0. The summed E-state index contributed by atoms with van der Waals surface area (Å²) in [6, 6.07) is 1.03. The van der Waals surface area contributed by atoms with Gasteiger partial charge in [-0.3, -0.25) is 4.90 Å². The van der Waals surface area contributed by atoms with Crippen molar-refractivity contribution in [3.63, 3.8) is 0 Å². The molecular formula is C8H15NO2. The lowest BCUT2D eigenvalue weighted by molar-refractivity contribution is -0.0313. The van der Waals surface area contributed by atoms with Crippen LogP contribution in [0.25, 0.3) is 0 Å². The molecule has 3 heteroatoms. The zero-order valence-electron chi connectivity index (χ0n) is 6.70. The first-order chi connectivity index (χ1) is 5.42. The number of hydrogen-bond donors (Lipinski definition) is 1. The largest absolute Gasteiger partial charge is 0.395 e. The van der Waals surface area contributed by atoms with Crippen molar-refractivity contribution in [1.29, 1.82) is 0 Å². The van der Waals surface area contributed by atoms with Crippen molar-refractivity contribution >= 4 is 0 Å². The van der Waals surface area contributed by atoms with Gasteiger partial charge >= 0.3 is 0 Å². The quantitative estimate of drug-likeness (QED) is 0.604. The Morgan fingerprint density at radius 2 is 2.27 bits per heavy atom. The standard InChI is InChI=1S/C8H15NO2/c10-5-8-6-11-4-3-9(8)7-1-2-7/h7-8,10H,1-6H2. The number of morpholine rings is 1. The molecule has 1 heterocycles. The van der Waals surface area contributed by atoms with Gasteiger partial charge < -0.3 is 9.84 Å². The van der Waals surface area contributed by atoms with Crippen molar-refractivity contribution in [3.8, 4) is 0 Å². The Bertz CT molecular complexity index is 136. The van der Waals surface area contributed by atoms with E-state index in [1.807, 2.05) is 0 Å². The molecule has 0 spiro atoms. The van der Waals surface area contributed by atoms with Gasteiger partial charge in [0.15, 0.2) is 0 Å². The average Bonchev–Trinajstić information content (AvgIpc) is 2.87. The minimum atomic E-state index is 0.247. The molecule has 0 aromatic rings. The fraction of sp³-hybridized carbons (Fsp3) is 1.00. The molecule has 2 rings (SSSR count). The third kappa shape index (κ3) is 1.55. The molecule has 1 atom stereocenters. The van der Waals surface area contributed by atoms with Crippen molar-refractivity contribution in [3.05, 3.63) is 0 Å². The Kier molecular flexibility index (Phi) is 2.11. The maximum absolute atomic E-state index is 9.02. The molecular weight excluding hydrogens is 142 g/mol. The molecule has 2 fully saturated rings. The van der Waals surface area contributed by atoms with Crippen LogP contribution in [0.4, 0.5) is 0 Å². The molecule has 11 heavy (non-hydrogen) atoms. The van der Waals surface area contributed by atoms with Gasteiger partial charge in [0.2, 0.25) is 0 Å². The Labute approximate surface area is 66.9 Å². The number of hydrogen-bond acceptors (Lipinski definition) is 3. The zero-order valence-corrected chi connectivity index (χ0v) is 6.70. The van der Waals surface area contributed by atoms with Crippen molar-refractivity contribution in [2.45, 2.75) is 24.9 Å². The first-order valence-electron chi connectivity index (χ1n) is 4.36. The van der Waals surface area contributed by atoms with Gasteiger partial charge in [-0.15, -0.1) is 0 Å². The van der Waals surface area contributed by atoms with Crippen molar-refractivity contribution in [2.24, 2.45) is 0 Å². The van der Waals surface area contributed by atoms with Gasteiger partial charge in [-0.1, -0.05) is 0 Å². The van der Waals surface area contributed by atoms with Crippen LogP contribution in [0, 0.1) is 0 Å². The maximum Gasteiger partial charge on any atom is 0.0644 e. The van der Waals surface area contributed by atoms with Gasteiger partial charge in [-0.25, -0.2) is 0 Å². The number of aliphatic hydroxyl groups is 1. The lowest BCUT2D eigenvalue weighted by Crippen LogP contribution is -2.48. The van der Waals surface area contributed by atoms with Crippen LogP contribution < -0.4 is 0 Å². The monoisotopic (exact) mass is 157 g/mol. The van der Waals surface area contributed by atoms with Crippen LogP contribution >= 0.6 is 0 Å². The summed E-state index contributed by atoms with van der Waals surface area (Å²) >= 11 is 0. The third-order valence-electron chi connectivity index (χ3n) is 2.50. The minimum absolute atomic E-state index is 0.247. The van der Waals surface area contributed by atoms with Crippen LogP contribution in [0.15, 0.2) is 0 Å². The number of aliphatic hydroxyl groups excluding tert-OH is 1. The van der Waals surface area contributed by atoms with E-state index >= 15 is 0 Å². The first kappa shape index (κ1) is 7.53. The highest BCUT2D eigenvalue weighted by atomic mass is 16.5. The van der Waals surface area contributed by atoms with E-state index in [9.17, 15) is 0 Å². The normalized spacial score (nSPS) is 34.1. The van der Waals surface area contributed by atoms with E-state index in [0.717, 1.165) is 19.2 Å². The van der Waals surface area contributed by atoms with E-state index in [4.69, 9.17) is 9.84 Å². The Balaban J connectivity index is 1.91. The third-order valence-corrected chi connectivity index (χ3v) is 2.50. The van der Waals surface area contributed by atoms with E-state index in [-0.39, 0.29) is 12.6 Å². The number of rotatable bonds is 2. The maximum atomic E-state index is 9.02. The first-order valence-corrected chi connectivity index (χ1v) is 4.36. The van der Waals surface area contributed by atoms with Crippen LogP contribution in [0.2, 0.25) is 0 Å². The second-order valence-electron chi connectivity index (χ2n) is 3.38. The lowest BCUT2D eigenvalue weighted by atomic mass is 10.2. The smallest absolute Gasteiger partial charge is 0.0644 e. The van der Waals surface area contributed by atoms with Gasteiger partial charge in [-0.2, -0.15) is 0 Å². The van der Waals surface area contributed by atoms with Gasteiger partial charge in [0, 0.05) is 12.6 Å². The highest BCUT2D eigenvalue weighted by Gasteiger charge is 2.35. The van der Waals surface area contributed by atoms with Crippen LogP contribution in [0.5, 0.6) is 0 Å². The Morgan fingerprint density at radius 1 is 1.45 bits per heavy atom. The van der Waals surface area contributed by atoms with E-state index < -0.39 is 0 Å². The second-order valence-corrected chi connectivity index (χ2v) is 3.38. The van der Waals surface area contributed by atoms with Gasteiger partial charge in [0.25, 0.3) is 0 Å². The summed E-state index contributed by atoms with van der Waals surface area (Å²) in [4.78, 5) is 2.39. The van der Waals surface area contributed by atoms with Gasteiger partial charge in [0.1, 0.15) is 0 Å². The molecule has 1 saturated heterocycles. The fourth-order valence-corrected chi connectivity index (χ4v) is 1.71. The topological polar surface area (TPSA) is 32.7 Å². The molecule has 1 saturated carbocycles. The summed E-state index contributed by atoms with van der Waals surface area (Å²) < 4.78 is 5.28. The molecule has 1 aliphatic heterocycles. The summed E-state index contributed by atoms with van der Waals surface area (Å²) in [5.41, 5.74) is 0. The zero-order chi connectivity index (χ0) is 7.68. The van der Waals surface area contributed by atoms with E-state index in [1.54, 1.807) is 0 Å². The van der Waals surface area contributed by atoms with Crippen LogP contribution in [-0.2, 0) is 4.74 Å². The molecule has 0 bridgehead atoms. The van der Waals surface area contributed by atoms with Crippen LogP contribution in [-0.4, -0.2) is 48.5 Å². The molecule has 0 aromatic heterocycles. The van der Waals surface area contributed by atoms with Gasteiger partial charge in [0.05, 0.1) is 25.9 Å². The van der Waals surface area contributed by atoms with Gasteiger partial charge in [-0.05, 0) is 12.8 Å². The fourth-order valence-electron chi connectivity index (χ4n) is 1.71. The highest BCUT2D eigenvalue weighted by molar-refractivity contribution is 4.89. The van der Waals surface area contributed by atoms with Crippen LogP contribution in [0.1, 0.15) is 12.8 Å². The molecule has 0 radical (unpaired) electrons. The molecule has 1 unspecified atom stereocenters. The van der Waals surface area contributed by atoms with E-state index in [2.05, 4.69) is 4.90 Å². The van der Waals surface area contributed by atoms with Crippen molar-refractivity contribution in [1.82, 2.24) is 4.90 Å². The Hall–Kier alpha value is -0.120. The molecule has 64 valence electrons. The molecule has 0 amide bonds. The summed E-state index contributed by atoms with van der Waals surface area (Å²) in [6.45, 7) is 2.81. The summed E-state index contributed by atoms with van der Waals surface area (Å²) in [5.74, 6) is 0. The summed E-state index contributed by atoms with van der Waals surface area (Å²) in [6.07, 6.45) is 2.63. The second kappa shape index (κ2) is 3.09. The SMILES string of the molecule is OCC1COCCN1C1CC1. The number of nitrogens with zero attached hydrogens (tertiary/aromatic N) is 1. The van der Waals surface area contributed by atoms with Crippen molar-refractivity contribution < 1.29 is 9.84 Å². The Morgan fingerprint density at radius 3 is 2.91 bits per heavy atom. The molecule has 0 aromatic carbocycles. The predicted molar refractivity (Wildman–Crippen MR) is 41.4 cm³/mol. The molecule has 2 aliphatic rings. The summed E-state index contributed by atoms with van der Waals surface area (Å²) in [5, 5.41) is 9.02. The van der Waals surface area contributed by atoms with Crippen molar-refractivity contribution in [2.75, 3.05) is 26.4 Å². The molecule has 1 N–H and O–H groups in total.